The van der Waals surface area contributed by atoms with Gasteiger partial charge in [-0.25, -0.2) is 9.97 Å². The van der Waals surface area contributed by atoms with E-state index < -0.39 is 0 Å². The molecule has 0 bridgehead atoms. The van der Waals surface area contributed by atoms with E-state index >= 15 is 0 Å². The van der Waals surface area contributed by atoms with Crippen molar-refractivity contribution in [2.45, 2.75) is 64.7 Å². The summed E-state index contributed by atoms with van der Waals surface area (Å²) in [7, 11) is 0. The maximum Gasteiger partial charge on any atom is 0.134 e. The van der Waals surface area contributed by atoms with E-state index in [-0.39, 0.29) is 0 Å². The lowest BCUT2D eigenvalue weighted by atomic mass is 10.1. The van der Waals surface area contributed by atoms with Gasteiger partial charge in [0.2, 0.25) is 0 Å². The Labute approximate surface area is 110 Å². The predicted molar refractivity (Wildman–Crippen MR) is 76.1 cm³/mol. The first-order valence-electron chi connectivity index (χ1n) is 7.33. The molecule has 1 fully saturated rings. The van der Waals surface area contributed by atoms with Crippen LogP contribution in [0.3, 0.4) is 0 Å². The topological polar surface area (TPSA) is 37.8 Å². The SMILES string of the molecule is CCCNc1cc(C(C)C)nc(C2CCCC2)n1. The highest BCUT2D eigenvalue weighted by Crippen LogP contribution is 2.33. The Morgan fingerprint density at radius 1 is 1.28 bits per heavy atom. The van der Waals surface area contributed by atoms with Gasteiger partial charge in [-0.3, -0.25) is 0 Å². The van der Waals surface area contributed by atoms with Crippen molar-refractivity contribution in [1.82, 2.24) is 9.97 Å². The second kappa shape index (κ2) is 6.17. The molecule has 1 N–H and O–H groups in total. The molecule has 0 aromatic carbocycles. The third-order valence-corrected chi connectivity index (χ3v) is 3.63. The molecule has 0 amide bonds. The minimum atomic E-state index is 0.468. The minimum absolute atomic E-state index is 0.468. The molecule has 0 radical (unpaired) electrons. The lowest BCUT2D eigenvalue weighted by molar-refractivity contribution is 0.653. The second-order valence-corrected chi connectivity index (χ2v) is 5.60. The van der Waals surface area contributed by atoms with Crippen LogP contribution in [-0.4, -0.2) is 16.5 Å². The fourth-order valence-corrected chi connectivity index (χ4v) is 2.49. The van der Waals surface area contributed by atoms with Gasteiger partial charge in [-0.15, -0.1) is 0 Å². The molecule has 1 aliphatic rings. The molecule has 1 aromatic heterocycles. The fourth-order valence-electron chi connectivity index (χ4n) is 2.49. The Bertz CT molecular complexity index is 381. The largest absolute Gasteiger partial charge is 0.370 e. The highest BCUT2D eigenvalue weighted by molar-refractivity contribution is 5.37. The highest BCUT2D eigenvalue weighted by Gasteiger charge is 2.21. The number of aromatic nitrogens is 2. The molecular formula is C15H25N3. The molecule has 18 heavy (non-hydrogen) atoms. The van der Waals surface area contributed by atoms with Crippen molar-refractivity contribution in [1.29, 1.82) is 0 Å². The smallest absolute Gasteiger partial charge is 0.134 e. The van der Waals surface area contributed by atoms with E-state index in [1.165, 1.54) is 31.4 Å². The van der Waals surface area contributed by atoms with Gasteiger partial charge in [-0.05, 0) is 25.2 Å². The number of anilines is 1. The standard InChI is InChI=1S/C15H25N3/c1-4-9-16-14-10-13(11(2)3)17-15(18-14)12-7-5-6-8-12/h10-12H,4-9H2,1-3H3,(H,16,17,18). The molecule has 1 aliphatic carbocycles. The predicted octanol–water partition coefficient (Wildman–Crippen LogP) is 4.08. The van der Waals surface area contributed by atoms with Crippen molar-refractivity contribution in [3.05, 3.63) is 17.6 Å². The normalized spacial score (nSPS) is 16.4. The van der Waals surface area contributed by atoms with Crippen LogP contribution in [0.15, 0.2) is 6.07 Å². The van der Waals surface area contributed by atoms with Crippen molar-refractivity contribution in [3.8, 4) is 0 Å². The van der Waals surface area contributed by atoms with E-state index in [1.807, 2.05) is 0 Å². The van der Waals surface area contributed by atoms with E-state index in [2.05, 4.69) is 32.2 Å². The van der Waals surface area contributed by atoms with E-state index in [1.54, 1.807) is 0 Å². The summed E-state index contributed by atoms with van der Waals surface area (Å²) in [6, 6.07) is 2.11. The second-order valence-electron chi connectivity index (χ2n) is 5.60. The summed E-state index contributed by atoms with van der Waals surface area (Å²) in [5.74, 6) is 3.14. The maximum atomic E-state index is 4.77. The van der Waals surface area contributed by atoms with Crippen LogP contribution in [0.25, 0.3) is 0 Å². The van der Waals surface area contributed by atoms with E-state index in [9.17, 15) is 0 Å². The van der Waals surface area contributed by atoms with Crippen LogP contribution in [-0.2, 0) is 0 Å². The first kappa shape index (κ1) is 13.3. The Balaban J connectivity index is 2.23. The fraction of sp³-hybridized carbons (Fsp3) is 0.733. The molecule has 0 saturated heterocycles. The van der Waals surface area contributed by atoms with Crippen molar-refractivity contribution < 1.29 is 0 Å². The van der Waals surface area contributed by atoms with Crippen molar-refractivity contribution in [3.63, 3.8) is 0 Å². The third kappa shape index (κ3) is 3.21. The van der Waals surface area contributed by atoms with Gasteiger partial charge in [-0.2, -0.15) is 0 Å². The zero-order chi connectivity index (χ0) is 13.0. The minimum Gasteiger partial charge on any atom is -0.370 e. The van der Waals surface area contributed by atoms with Gasteiger partial charge in [0.1, 0.15) is 11.6 Å². The number of nitrogens with one attached hydrogen (secondary N) is 1. The number of hydrogen-bond donors (Lipinski definition) is 1. The van der Waals surface area contributed by atoms with Gasteiger partial charge in [0, 0.05) is 24.2 Å². The summed E-state index contributed by atoms with van der Waals surface area (Å²) in [5, 5.41) is 3.40. The molecule has 1 heterocycles. The molecule has 3 nitrogen and oxygen atoms in total. The molecule has 3 heteroatoms. The van der Waals surface area contributed by atoms with Gasteiger partial charge in [0.25, 0.3) is 0 Å². The molecule has 100 valence electrons. The van der Waals surface area contributed by atoms with Crippen LogP contribution in [0.4, 0.5) is 5.82 Å². The van der Waals surface area contributed by atoms with Crippen LogP contribution in [0, 0.1) is 0 Å². The molecule has 0 aliphatic heterocycles. The first-order chi connectivity index (χ1) is 8.70. The summed E-state index contributed by atoms with van der Waals surface area (Å²) in [6.07, 6.45) is 6.30. The summed E-state index contributed by atoms with van der Waals surface area (Å²) in [6.45, 7) is 7.56. The van der Waals surface area contributed by atoms with Crippen LogP contribution in [0.1, 0.15) is 76.2 Å². The Hall–Kier alpha value is -1.12. The van der Waals surface area contributed by atoms with Gasteiger partial charge in [0.05, 0.1) is 0 Å². The molecule has 0 atom stereocenters. The molecule has 1 saturated carbocycles. The van der Waals surface area contributed by atoms with Crippen LogP contribution < -0.4 is 5.32 Å². The summed E-state index contributed by atoms with van der Waals surface area (Å²) in [5.41, 5.74) is 1.17. The van der Waals surface area contributed by atoms with Gasteiger partial charge < -0.3 is 5.32 Å². The first-order valence-corrected chi connectivity index (χ1v) is 7.33. The number of nitrogens with zero attached hydrogens (tertiary/aromatic N) is 2. The molecule has 0 unspecified atom stereocenters. The van der Waals surface area contributed by atoms with Gasteiger partial charge in [-0.1, -0.05) is 33.6 Å². The quantitative estimate of drug-likeness (QED) is 0.852. The Morgan fingerprint density at radius 3 is 2.61 bits per heavy atom. The molecular weight excluding hydrogens is 222 g/mol. The number of rotatable bonds is 5. The summed E-state index contributed by atoms with van der Waals surface area (Å²) in [4.78, 5) is 9.48. The van der Waals surface area contributed by atoms with Gasteiger partial charge >= 0.3 is 0 Å². The lowest BCUT2D eigenvalue weighted by Gasteiger charge is -2.14. The molecule has 1 aromatic rings. The van der Waals surface area contributed by atoms with Crippen LogP contribution in [0.5, 0.6) is 0 Å². The van der Waals surface area contributed by atoms with E-state index in [0.29, 0.717) is 11.8 Å². The van der Waals surface area contributed by atoms with Crippen LogP contribution in [0.2, 0.25) is 0 Å². The summed E-state index contributed by atoms with van der Waals surface area (Å²) >= 11 is 0. The molecule has 2 rings (SSSR count). The average Bonchev–Trinajstić information content (AvgIpc) is 2.89. The Morgan fingerprint density at radius 2 is 2.00 bits per heavy atom. The van der Waals surface area contributed by atoms with Gasteiger partial charge in [0.15, 0.2) is 0 Å². The highest BCUT2D eigenvalue weighted by atomic mass is 15.0. The average molecular weight is 247 g/mol. The molecule has 0 spiro atoms. The lowest BCUT2D eigenvalue weighted by Crippen LogP contribution is -2.10. The zero-order valence-corrected chi connectivity index (χ0v) is 11.9. The van der Waals surface area contributed by atoms with E-state index in [4.69, 9.17) is 9.97 Å². The van der Waals surface area contributed by atoms with Crippen molar-refractivity contribution in [2.75, 3.05) is 11.9 Å². The maximum absolute atomic E-state index is 4.77. The van der Waals surface area contributed by atoms with Crippen molar-refractivity contribution >= 4 is 5.82 Å². The third-order valence-electron chi connectivity index (χ3n) is 3.63. The van der Waals surface area contributed by atoms with Crippen molar-refractivity contribution in [2.24, 2.45) is 0 Å². The van der Waals surface area contributed by atoms with Crippen LogP contribution >= 0.6 is 0 Å². The monoisotopic (exact) mass is 247 g/mol. The summed E-state index contributed by atoms with van der Waals surface area (Å²) < 4.78 is 0. The Kier molecular flexibility index (Phi) is 4.56. The van der Waals surface area contributed by atoms with E-state index in [0.717, 1.165) is 24.6 Å². The number of hydrogen-bond acceptors (Lipinski definition) is 3. The zero-order valence-electron chi connectivity index (χ0n) is 11.9.